The fraction of sp³-hybridized carbons (Fsp3) is 0.556. The van der Waals surface area contributed by atoms with Gasteiger partial charge in [-0.15, -0.1) is 11.8 Å². The molecular weight excluding hydrogens is 324 g/mol. The summed E-state index contributed by atoms with van der Waals surface area (Å²) in [5.74, 6) is 1.81. The lowest BCUT2D eigenvalue weighted by Crippen LogP contribution is -2.50. The molecular formula is C18H22N2O3S. The zero-order valence-corrected chi connectivity index (χ0v) is 14.3. The van der Waals surface area contributed by atoms with E-state index < -0.39 is 0 Å². The largest absolute Gasteiger partial charge is 0.508 e. The topological polar surface area (TPSA) is 69.6 Å². The zero-order valence-electron chi connectivity index (χ0n) is 13.5. The van der Waals surface area contributed by atoms with E-state index in [1.807, 2.05) is 12.1 Å². The third-order valence-corrected chi connectivity index (χ3v) is 6.50. The third kappa shape index (κ3) is 2.66. The van der Waals surface area contributed by atoms with E-state index in [4.69, 9.17) is 0 Å². The first kappa shape index (κ1) is 15.8. The second-order valence-electron chi connectivity index (χ2n) is 6.90. The molecule has 2 atom stereocenters. The van der Waals surface area contributed by atoms with E-state index in [9.17, 15) is 14.7 Å². The highest BCUT2D eigenvalue weighted by molar-refractivity contribution is 7.99. The number of phenolic OH excluding ortho intramolecular Hbond substituents is 1. The number of nitrogens with one attached hydrogen (secondary N) is 1. The number of carbonyl (C=O) groups excluding carboxylic acids is 2. The Morgan fingerprint density at radius 1 is 1.25 bits per heavy atom. The Kier molecular flexibility index (Phi) is 4.16. The summed E-state index contributed by atoms with van der Waals surface area (Å²) in [6.45, 7) is 0. The maximum absolute atomic E-state index is 12.8. The van der Waals surface area contributed by atoms with Crippen LogP contribution in [0.15, 0.2) is 18.2 Å². The predicted octanol–water partition coefficient (Wildman–Crippen LogP) is 2.20. The molecule has 3 aliphatic rings. The Hall–Kier alpha value is -1.69. The van der Waals surface area contributed by atoms with Crippen molar-refractivity contribution in [2.75, 3.05) is 11.6 Å². The van der Waals surface area contributed by atoms with Crippen LogP contribution in [0.4, 0.5) is 0 Å². The van der Waals surface area contributed by atoms with E-state index in [-0.39, 0.29) is 29.8 Å². The maximum atomic E-state index is 12.8. The Morgan fingerprint density at radius 3 is 2.83 bits per heavy atom. The molecule has 2 fully saturated rings. The first-order valence-electron chi connectivity index (χ1n) is 8.64. The van der Waals surface area contributed by atoms with Crippen LogP contribution in [-0.4, -0.2) is 39.5 Å². The van der Waals surface area contributed by atoms with Gasteiger partial charge in [0.2, 0.25) is 11.8 Å². The predicted molar refractivity (Wildman–Crippen MR) is 92.6 cm³/mol. The summed E-state index contributed by atoms with van der Waals surface area (Å²) in [4.78, 5) is 27.0. The van der Waals surface area contributed by atoms with Crippen molar-refractivity contribution >= 4 is 23.6 Å². The number of aromatic hydroxyl groups is 1. The van der Waals surface area contributed by atoms with Crippen LogP contribution in [0.2, 0.25) is 0 Å². The molecule has 1 aromatic rings. The molecule has 2 amide bonds. The summed E-state index contributed by atoms with van der Waals surface area (Å²) in [7, 11) is 0. The van der Waals surface area contributed by atoms with Gasteiger partial charge in [-0.1, -0.05) is 18.6 Å². The summed E-state index contributed by atoms with van der Waals surface area (Å²) in [5.41, 5.74) is 1.94. The van der Waals surface area contributed by atoms with E-state index in [2.05, 4.69) is 5.32 Å². The lowest BCUT2D eigenvalue weighted by Gasteiger charge is -2.32. The van der Waals surface area contributed by atoms with Crippen molar-refractivity contribution in [1.82, 2.24) is 10.2 Å². The van der Waals surface area contributed by atoms with Crippen molar-refractivity contribution in [3.8, 4) is 5.75 Å². The van der Waals surface area contributed by atoms with E-state index in [0.717, 1.165) is 43.2 Å². The second-order valence-corrected chi connectivity index (χ2v) is 7.90. The molecule has 5 nitrogen and oxygen atoms in total. The van der Waals surface area contributed by atoms with Crippen LogP contribution < -0.4 is 5.32 Å². The third-order valence-electron chi connectivity index (χ3n) is 5.48. The number of benzene rings is 1. The molecule has 24 heavy (non-hydrogen) atoms. The smallest absolute Gasteiger partial charge is 0.244 e. The minimum absolute atomic E-state index is 0.0612. The number of amides is 2. The number of thioether (sulfide) groups is 1. The summed E-state index contributed by atoms with van der Waals surface area (Å²) in [6.07, 6.45) is 4.62. The summed E-state index contributed by atoms with van der Waals surface area (Å²) < 4.78 is 0. The molecule has 1 heterocycles. The maximum Gasteiger partial charge on any atom is 0.244 e. The molecule has 1 aliphatic heterocycles. The molecule has 2 N–H and O–H groups in total. The number of rotatable bonds is 3. The standard InChI is InChI=1S/C18H22N2O3S/c21-16-6-2-5-12-13(16)7-8-14(12)19-17(22)15-9-24-10-20(15)18(23)11-3-1-4-11/h2,5-6,11,14-15,21H,1,3-4,7-10H2,(H,19,22)/t14-,15-/m0/s1. The van der Waals surface area contributed by atoms with Crippen molar-refractivity contribution in [3.05, 3.63) is 29.3 Å². The highest BCUT2D eigenvalue weighted by Crippen LogP contribution is 2.37. The van der Waals surface area contributed by atoms with Gasteiger partial charge in [-0.25, -0.2) is 0 Å². The first-order chi connectivity index (χ1) is 11.6. The van der Waals surface area contributed by atoms with Gasteiger partial charge < -0.3 is 15.3 Å². The Bertz CT molecular complexity index is 674. The Balaban J connectivity index is 1.45. The van der Waals surface area contributed by atoms with E-state index in [1.54, 1.807) is 22.7 Å². The zero-order chi connectivity index (χ0) is 16.7. The van der Waals surface area contributed by atoms with Crippen molar-refractivity contribution in [3.63, 3.8) is 0 Å². The molecule has 1 saturated carbocycles. The molecule has 128 valence electrons. The molecule has 0 radical (unpaired) electrons. The number of nitrogens with zero attached hydrogens (tertiary/aromatic N) is 1. The molecule has 2 aliphatic carbocycles. The molecule has 6 heteroatoms. The highest BCUT2D eigenvalue weighted by atomic mass is 32.2. The van der Waals surface area contributed by atoms with Crippen molar-refractivity contribution in [2.24, 2.45) is 5.92 Å². The van der Waals surface area contributed by atoms with Crippen LogP contribution in [0.3, 0.4) is 0 Å². The lowest BCUT2D eigenvalue weighted by atomic mass is 9.84. The van der Waals surface area contributed by atoms with Gasteiger partial charge in [0, 0.05) is 11.7 Å². The minimum Gasteiger partial charge on any atom is -0.508 e. The quantitative estimate of drug-likeness (QED) is 0.880. The van der Waals surface area contributed by atoms with Crippen LogP contribution >= 0.6 is 11.8 Å². The number of hydrogen-bond acceptors (Lipinski definition) is 4. The SMILES string of the molecule is O=C(N[C@H]1CCc2c(O)cccc21)[C@@H]1CSCN1C(=O)C1CCC1. The number of phenols is 1. The molecule has 1 aromatic carbocycles. The van der Waals surface area contributed by atoms with Crippen LogP contribution in [0.25, 0.3) is 0 Å². The first-order valence-corrected chi connectivity index (χ1v) is 9.80. The average Bonchev–Trinajstić information content (AvgIpc) is 3.13. The Labute approximate surface area is 145 Å². The second kappa shape index (κ2) is 6.31. The van der Waals surface area contributed by atoms with Crippen molar-refractivity contribution < 1.29 is 14.7 Å². The van der Waals surface area contributed by atoms with Gasteiger partial charge in [0.1, 0.15) is 11.8 Å². The number of fused-ring (bicyclic) bond motifs is 1. The van der Waals surface area contributed by atoms with Crippen LogP contribution in [-0.2, 0) is 16.0 Å². The van der Waals surface area contributed by atoms with Crippen LogP contribution in [0, 0.1) is 5.92 Å². The Morgan fingerprint density at radius 2 is 2.08 bits per heavy atom. The molecule has 0 unspecified atom stereocenters. The number of carbonyl (C=O) groups is 2. The minimum atomic E-state index is -0.357. The molecule has 4 rings (SSSR count). The molecule has 1 saturated heterocycles. The fourth-order valence-corrected chi connectivity index (χ4v) is 4.98. The van der Waals surface area contributed by atoms with Gasteiger partial charge in [-0.2, -0.15) is 0 Å². The van der Waals surface area contributed by atoms with Gasteiger partial charge in [-0.3, -0.25) is 9.59 Å². The summed E-state index contributed by atoms with van der Waals surface area (Å²) in [5, 5.41) is 13.0. The molecule has 0 bridgehead atoms. The van der Waals surface area contributed by atoms with E-state index in [1.165, 1.54) is 0 Å². The van der Waals surface area contributed by atoms with Gasteiger partial charge >= 0.3 is 0 Å². The van der Waals surface area contributed by atoms with Gasteiger partial charge in [-0.05, 0) is 42.9 Å². The van der Waals surface area contributed by atoms with Gasteiger partial charge in [0.25, 0.3) is 0 Å². The van der Waals surface area contributed by atoms with Crippen LogP contribution in [0.1, 0.15) is 42.9 Å². The van der Waals surface area contributed by atoms with Gasteiger partial charge in [0.05, 0.1) is 11.9 Å². The lowest BCUT2D eigenvalue weighted by molar-refractivity contribution is -0.143. The summed E-state index contributed by atoms with van der Waals surface area (Å²) >= 11 is 1.65. The van der Waals surface area contributed by atoms with E-state index >= 15 is 0 Å². The summed E-state index contributed by atoms with van der Waals surface area (Å²) in [6, 6.07) is 5.05. The van der Waals surface area contributed by atoms with Gasteiger partial charge in [0.15, 0.2) is 0 Å². The van der Waals surface area contributed by atoms with Crippen molar-refractivity contribution in [2.45, 2.75) is 44.2 Å². The molecule has 0 spiro atoms. The highest BCUT2D eigenvalue weighted by Gasteiger charge is 2.40. The van der Waals surface area contributed by atoms with Crippen LogP contribution in [0.5, 0.6) is 5.75 Å². The number of hydrogen-bond donors (Lipinski definition) is 2. The normalized spacial score (nSPS) is 26.1. The molecule has 0 aromatic heterocycles. The fourth-order valence-electron chi connectivity index (χ4n) is 3.82. The monoisotopic (exact) mass is 346 g/mol. The average molecular weight is 346 g/mol. The van der Waals surface area contributed by atoms with Crippen molar-refractivity contribution in [1.29, 1.82) is 0 Å². The van der Waals surface area contributed by atoms with E-state index in [0.29, 0.717) is 17.4 Å².